The van der Waals surface area contributed by atoms with E-state index in [2.05, 4.69) is 21.0 Å². The molecule has 1 heterocycles. The summed E-state index contributed by atoms with van der Waals surface area (Å²) in [6, 6.07) is 6.15. The molecule has 0 saturated carbocycles. The first kappa shape index (κ1) is 14.4. The van der Waals surface area contributed by atoms with E-state index >= 15 is 0 Å². The highest BCUT2D eigenvalue weighted by atomic mass is 79.9. The van der Waals surface area contributed by atoms with Crippen LogP contribution in [0.3, 0.4) is 0 Å². The van der Waals surface area contributed by atoms with Gasteiger partial charge in [0, 0.05) is 7.05 Å². The van der Waals surface area contributed by atoms with E-state index in [9.17, 15) is 8.60 Å². The summed E-state index contributed by atoms with van der Waals surface area (Å²) in [6.07, 6.45) is 0.792. The van der Waals surface area contributed by atoms with E-state index in [1.165, 1.54) is 6.07 Å². The molecule has 6 heteroatoms. The lowest BCUT2D eigenvalue weighted by atomic mass is 10.3. The Labute approximate surface area is 122 Å². The van der Waals surface area contributed by atoms with Crippen molar-refractivity contribution in [3.05, 3.63) is 45.9 Å². The van der Waals surface area contributed by atoms with Crippen LogP contribution in [0.1, 0.15) is 18.3 Å². The van der Waals surface area contributed by atoms with Crippen LogP contribution in [0.4, 0.5) is 4.39 Å². The Morgan fingerprint density at radius 1 is 1.42 bits per heavy atom. The van der Waals surface area contributed by atoms with Gasteiger partial charge in [-0.05, 0) is 34.5 Å². The number of nitrogens with zero attached hydrogens (tertiary/aromatic N) is 2. The summed E-state index contributed by atoms with van der Waals surface area (Å²) in [4.78, 5) is 0.230. The van der Waals surface area contributed by atoms with Crippen molar-refractivity contribution in [2.75, 3.05) is 0 Å². The second-order valence-corrected chi connectivity index (χ2v) is 6.32. The maximum atomic E-state index is 13.6. The second-order valence-electron chi connectivity index (χ2n) is 4.10. The standard InChI is InChI=1S/C13H14BrFN2OS/c1-3-10-13(14)11(17(2)16-10)8-19(18)12-7-5-4-6-9(12)15/h4-7H,3,8H2,1-2H3. The van der Waals surface area contributed by atoms with E-state index in [0.717, 1.165) is 22.3 Å². The van der Waals surface area contributed by atoms with Gasteiger partial charge in [0.25, 0.3) is 0 Å². The quantitative estimate of drug-likeness (QED) is 0.853. The van der Waals surface area contributed by atoms with Crippen molar-refractivity contribution in [2.24, 2.45) is 7.05 Å². The largest absolute Gasteiger partial charge is 0.270 e. The number of benzene rings is 1. The maximum absolute atomic E-state index is 13.6. The molecule has 0 saturated heterocycles. The molecule has 2 rings (SSSR count). The van der Waals surface area contributed by atoms with Gasteiger partial charge in [0.05, 0.1) is 37.3 Å². The van der Waals surface area contributed by atoms with Crippen LogP contribution in [0, 0.1) is 5.82 Å². The Bertz CT molecular complexity index is 627. The Hall–Kier alpha value is -1.01. The van der Waals surface area contributed by atoms with Crippen molar-refractivity contribution in [2.45, 2.75) is 24.0 Å². The summed E-state index contributed by atoms with van der Waals surface area (Å²) >= 11 is 3.47. The number of aromatic nitrogens is 2. The van der Waals surface area contributed by atoms with Crippen LogP contribution in [-0.4, -0.2) is 14.0 Å². The summed E-state index contributed by atoms with van der Waals surface area (Å²) < 4.78 is 28.4. The third-order valence-corrected chi connectivity index (χ3v) is 5.13. The Morgan fingerprint density at radius 3 is 2.68 bits per heavy atom. The first-order valence-electron chi connectivity index (χ1n) is 5.87. The molecule has 0 amide bonds. The van der Waals surface area contributed by atoms with Crippen LogP contribution >= 0.6 is 15.9 Å². The summed E-state index contributed by atoms with van der Waals surface area (Å²) in [5.41, 5.74) is 1.74. The SMILES string of the molecule is CCc1nn(C)c(CS(=O)c2ccccc2F)c1Br. The van der Waals surface area contributed by atoms with Gasteiger partial charge in [-0.3, -0.25) is 8.89 Å². The molecule has 0 bridgehead atoms. The van der Waals surface area contributed by atoms with Crippen molar-refractivity contribution >= 4 is 26.7 Å². The summed E-state index contributed by atoms with van der Waals surface area (Å²) in [5, 5.41) is 4.34. The maximum Gasteiger partial charge on any atom is 0.139 e. The van der Waals surface area contributed by atoms with Crippen LogP contribution in [0.5, 0.6) is 0 Å². The lowest BCUT2D eigenvalue weighted by Crippen LogP contribution is -2.05. The van der Waals surface area contributed by atoms with Gasteiger partial charge in [-0.15, -0.1) is 0 Å². The number of halogens is 2. The molecule has 0 spiro atoms. The van der Waals surface area contributed by atoms with E-state index in [0.29, 0.717) is 0 Å². The van der Waals surface area contributed by atoms with Crippen molar-refractivity contribution in [1.82, 2.24) is 9.78 Å². The normalized spacial score (nSPS) is 12.6. The molecule has 19 heavy (non-hydrogen) atoms. The van der Waals surface area contributed by atoms with Crippen LogP contribution < -0.4 is 0 Å². The topological polar surface area (TPSA) is 34.9 Å². The molecule has 102 valence electrons. The highest BCUT2D eigenvalue weighted by molar-refractivity contribution is 9.10. The van der Waals surface area contributed by atoms with Crippen LogP contribution in [0.25, 0.3) is 0 Å². The van der Waals surface area contributed by atoms with Gasteiger partial charge >= 0.3 is 0 Å². The van der Waals surface area contributed by atoms with Crippen LogP contribution in [0.15, 0.2) is 33.6 Å². The molecular formula is C13H14BrFN2OS. The van der Waals surface area contributed by atoms with Gasteiger partial charge in [-0.2, -0.15) is 5.10 Å². The minimum Gasteiger partial charge on any atom is -0.270 e. The Morgan fingerprint density at radius 2 is 2.11 bits per heavy atom. The molecular weight excluding hydrogens is 331 g/mol. The van der Waals surface area contributed by atoms with Gasteiger partial charge < -0.3 is 0 Å². The fraction of sp³-hybridized carbons (Fsp3) is 0.308. The van der Waals surface area contributed by atoms with Gasteiger partial charge in [0.2, 0.25) is 0 Å². The van der Waals surface area contributed by atoms with Crippen LogP contribution in [0.2, 0.25) is 0 Å². The molecule has 0 aliphatic carbocycles. The molecule has 0 radical (unpaired) electrons. The first-order chi connectivity index (χ1) is 9.04. The van der Waals surface area contributed by atoms with E-state index in [-0.39, 0.29) is 10.6 Å². The molecule has 0 fully saturated rings. The minimum atomic E-state index is -1.42. The zero-order chi connectivity index (χ0) is 14.0. The molecule has 0 N–H and O–H groups in total. The van der Waals surface area contributed by atoms with Gasteiger partial charge in [0.1, 0.15) is 5.82 Å². The average molecular weight is 345 g/mol. The fourth-order valence-electron chi connectivity index (χ4n) is 1.81. The molecule has 1 unspecified atom stereocenters. The van der Waals surface area contributed by atoms with Gasteiger partial charge in [0.15, 0.2) is 0 Å². The predicted octanol–water partition coefficient (Wildman–Crippen LogP) is 3.19. The number of hydrogen-bond acceptors (Lipinski definition) is 2. The van der Waals surface area contributed by atoms with E-state index in [4.69, 9.17) is 0 Å². The predicted molar refractivity (Wildman–Crippen MR) is 76.8 cm³/mol. The third kappa shape index (κ3) is 2.95. The molecule has 0 aliphatic heterocycles. The number of aryl methyl sites for hydroxylation is 2. The number of rotatable bonds is 4. The Balaban J connectivity index is 2.30. The molecule has 3 nitrogen and oxygen atoms in total. The van der Waals surface area contributed by atoms with Gasteiger partial charge in [-0.1, -0.05) is 19.1 Å². The van der Waals surface area contributed by atoms with Crippen molar-refractivity contribution in [3.63, 3.8) is 0 Å². The molecule has 1 aromatic carbocycles. The second kappa shape index (κ2) is 5.96. The van der Waals surface area contributed by atoms with Crippen molar-refractivity contribution in [3.8, 4) is 0 Å². The zero-order valence-corrected chi connectivity index (χ0v) is 13.1. The minimum absolute atomic E-state index is 0.230. The summed E-state index contributed by atoms with van der Waals surface area (Å²) in [6.45, 7) is 2.00. The monoisotopic (exact) mass is 344 g/mol. The lowest BCUT2D eigenvalue weighted by molar-refractivity contribution is 0.594. The highest BCUT2D eigenvalue weighted by Crippen LogP contribution is 2.24. The average Bonchev–Trinajstić information content (AvgIpc) is 2.66. The Kier molecular flexibility index (Phi) is 4.52. The smallest absolute Gasteiger partial charge is 0.139 e. The number of hydrogen-bond donors (Lipinski definition) is 0. The fourth-order valence-corrected chi connectivity index (χ4v) is 4.00. The third-order valence-electron chi connectivity index (χ3n) is 2.85. The summed E-state index contributed by atoms with van der Waals surface area (Å²) in [5.74, 6) is -0.194. The highest BCUT2D eigenvalue weighted by Gasteiger charge is 2.17. The van der Waals surface area contributed by atoms with E-state index in [1.807, 2.05) is 6.92 Å². The lowest BCUT2D eigenvalue weighted by Gasteiger charge is -2.05. The van der Waals surface area contributed by atoms with Crippen molar-refractivity contribution in [1.29, 1.82) is 0 Å². The van der Waals surface area contributed by atoms with E-state index in [1.54, 1.807) is 29.9 Å². The van der Waals surface area contributed by atoms with Crippen LogP contribution in [-0.2, 0) is 30.0 Å². The zero-order valence-electron chi connectivity index (χ0n) is 10.7. The molecule has 0 aliphatic rings. The first-order valence-corrected chi connectivity index (χ1v) is 7.99. The molecule has 1 aromatic heterocycles. The summed E-state index contributed by atoms with van der Waals surface area (Å²) in [7, 11) is 0.382. The van der Waals surface area contributed by atoms with E-state index < -0.39 is 16.6 Å². The molecule has 2 aromatic rings. The van der Waals surface area contributed by atoms with Gasteiger partial charge in [-0.25, -0.2) is 4.39 Å². The van der Waals surface area contributed by atoms with Crippen molar-refractivity contribution < 1.29 is 8.60 Å². The molecule has 1 atom stereocenters.